The van der Waals surface area contributed by atoms with Crippen LogP contribution in [0.5, 0.6) is 5.75 Å². The molecule has 2 amide bonds. The van der Waals surface area contributed by atoms with Crippen molar-refractivity contribution in [3.8, 4) is 5.75 Å². The van der Waals surface area contributed by atoms with Gasteiger partial charge in [-0.25, -0.2) is 4.79 Å². The molecule has 0 unspecified atom stereocenters. The predicted octanol–water partition coefficient (Wildman–Crippen LogP) is 1.46. The largest absolute Gasteiger partial charge is 0.492 e. The molecule has 0 aliphatic heterocycles. The molecule has 0 aliphatic carbocycles. The Labute approximate surface area is 118 Å². The van der Waals surface area contributed by atoms with Crippen LogP contribution >= 0.6 is 0 Å². The molecular weight excluding hydrogens is 260 g/mol. The fourth-order valence-electron chi connectivity index (χ4n) is 1.70. The summed E-state index contributed by atoms with van der Waals surface area (Å²) in [6, 6.07) is 5.52. The van der Waals surface area contributed by atoms with Gasteiger partial charge in [-0.2, -0.15) is 0 Å². The summed E-state index contributed by atoms with van der Waals surface area (Å²) < 4.78 is 5.52. The van der Waals surface area contributed by atoms with Crippen LogP contribution in [0, 0.1) is 13.8 Å². The highest BCUT2D eigenvalue weighted by Crippen LogP contribution is 2.15. The molecule has 1 rings (SSSR count). The van der Waals surface area contributed by atoms with E-state index in [4.69, 9.17) is 9.84 Å². The molecule has 0 spiro atoms. The zero-order valence-electron chi connectivity index (χ0n) is 11.7. The number of benzene rings is 1. The smallest absolute Gasteiger partial charge is 0.314 e. The maximum absolute atomic E-state index is 11.3. The van der Waals surface area contributed by atoms with Gasteiger partial charge in [0.2, 0.25) is 0 Å². The number of aliphatic carboxylic acids is 1. The summed E-state index contributed by atoms with van der Waals surface area (Å²) in [5.41, 5.74) is 2.25. The van der Waals surface area contributed by atoms with Gasteiger partial charge < -0.3 is 20.5 Å². The Morgan fingerprint density at radius 1 is 1.10 bits per heavy atom. The normalized spacial score (nSPS) is 9.90. The summed E-state index contributed by atoms with van der Waals surface area (Å²) in [5, 5.41) is 13.5. The highest BCUT2D eigenvalue weighted by Gasteiger charge is 2.02. The molecule has 0 saturated carbocycles. The number of carboxylic acids is 1. The first-order valence-electron chi connectivity index (χ1n) is 6.42. The SMILES string of the molecule is Cc1cc(C)cc(OCCNC(=O)NCCC(=O)O)c1. The summed E-state index contributed by atoms with van der Waals surface area (Å²) in [6.45, 7) is 4.81. The topological polar surface area (TPSA) is 87.7 Å². The Balaban J connectivity index is 2.18. The second-order valence-corrected chi connectivity index (χ2v) is 4.50. The third kappa shape index (κ3) is 6.63. The van der Waals surface area contributed by atoms with Crippen LogP contribution in [-0.2, 0) is 4.79 Å². The second kappa shape index (κ2) is 8.04. The lowest BCUT2D eigenvalue weighted by molar-refractivity contribution is -0.136. The Hall–Kier alpha value is -2.24. The van der Waals surface area contributed by atoms with E-state index in [1.807, 2.05) is 26.0 Å². The lowest BCUT2D eigenvalue weighted by atomic mass is 10.1. The molecule has 0 aliphatic rings. The third-order valence-electron chi connectivity index (χ3n) is 2.48. The zero-order valence-corrected chi connectivity index (χ0v) is 11.7. The van der Waals surface area contributed by atoms with Crippen molar-refractivity contribution in [2.75, 3.05) is 19.7 Å². The summed E-state index contributed by atoms with van der Waals surface area (Å²) in [5.74, 6) is -0.168. The van der Waals surface area contributed by atoms with Crippen molar-refractivity contribution in [2.24, 2.45) is 0 Å². The summed E-state index contributed by atoms with van der Waals surface area (Å²) in [6.07, 6.45) is -0.0908. The molecule has 20 heavy (non-hydrogen) atoms. The maximum atomic E-state index is 11.3. The van der Waals surface area contributed by atoms with Crippen LogP contribution in [-0.4, -0.2) is 36.8 Å². The average Bonchev–Trinajstić information content (AvgIpc) is 2.33. The molecular formula is C14H20N2O4. The van der Waals surface area contributed by atoms with Crippen molar-refractivity contribution in [2.45, 2.75) is 20.3 Å². The Morgan fingerprint density at radius 2 is 1.70 bits per heavy atom. The van der Waals surface area contributed by atoms with Crippen molar-refractivity contribution < 1.29 is 19.4 Å². The van der Waals surface area contributed by atoms with E-state index in [2.05, 4.69) is 16.7 Å². The quantitative estimate of drug-likeness (QED) is 0.660. The second-order valence-electron chi connectivity index (χ2n) is 4.50. The van der Waals surface area contributed by atoms with Gasteiger partial charge in [0.15, 0.2) is 0 Å². The number of hydrogen-bond acceptors (Lipinski definition) is 3. The molecule has 1 aromatic rings. The molecule has 0 aromatic heterocycles. The number of nitrogens with one attached hydrogen (secondary N) is 2. The molecule has 0 atom stereocenters. The molecule has 3 N–H and O–H groups in total. The van der Waals surface area contributed by atoms with Crippen LogP contribution in [0.4, 0.5) is 4.79 Å². The molecule has 0 heterocycles. The first kappa shape index (κ1) is 15.8. The summed E-state index contributed by atoms with van der Waals surface area (Å²) >= 11 is 0. The number of ether oxygens (including phenoxy) is 1. The number of carbonyl (C=O) groups is 2. The molecule has 0 bridgehead atoms. The van der Waals surface area contributed by atoms with Gasteiger partial charge in [-0.15, -0.1) is 0 Å². The van der Waals surface area contributed by atoms with Gasteiger partial charge in [-0.05, 0) is 37.1 Å². The average molecular weight is 280 g/mol. The molecule has 0 radical (unpaired) electrons. The van der Waals surface area contributed by atoms with Gasteiger partial charge in [0.1, 0.15) is 12.4 Å². The van der Waals surface area contributed by atoms with Crippen molar-refractivity contribution in [3.05, 3.63) is 29.3 Å². The summed E-state index contributed by atoms with van der Waals surface area (Å²) in [4.78, 5) is 21.5. The highest BCUT2D eigenvalue weighted by molar-refractivity contribution is 5.74. The van der Waals surface area contributed by atoms with Crippen LogP contribution in [0.1, 0.15) is 17.5 Å². The van der Waals surface area contributed by atoms with Crippen molar-refractivity contribution in [1.82, 2.24) is 10.6 Å². The fourth-order valence-corrected chi connectivity index (χ4v) is 1.70. The fraction of sp³-hybridized carbons (Fsp3) is 0.429. The number of carboxylic acid groups (broad SMARTS) is 1. The lowest BCUT2D eigenvalue weighted by Crippen LogP contribution is -2.38. The number of hydrogen-bond donors (Lipinski definition) is 3. The molecule has 110 valence electrons. The van der Waals surface area contributed by atoms with Crippen LogP contribution in [0.25, 0.3) is 0 Å². The lowest BCUT2D eigenvalue weighted by Gasteiger charge is -2.09. The van der Waals surface area contributed by atoms with E-state index < -0.39 is 12.0 Å². The van der Waals surface area contributed by atoms with Gasteiger partial charge in [-0.1, -0.05) is 6.07 Å². The van der Waals surface area contributed by atoms with Crippen LogP contribution < -0.4 is 15.4 Å². The molecule has 6 nitrogen and oxygen atoms in total. The number of rotatable bonds is 7. The van der Waals surface area contributed by atoms with E-state index >= 15 is 0 Å². The number of carbonyl (C=O) groups excluding carboxylic acids is 1. The number of aryl methyl sites for hydroxylation is 2. The summed E-state index contributed by atoms with van der Waals surface area (Å²) in [7, 11) is 0. The minimum atomic E-state index is -0.941. The van der Waals surface area contributed by atoms with Gasteiger partial charge in [0.25, 0.3) is 0 Å². The van der Waals surface area contributed by atoms with Gasteiger partial charge in [-0.3, -0.25) is 4.79 Å². The standard InChI is InChI=1S/C14H20N2O4/c1-10-7-11(2)9-12(8-10)20-6-5-16-14(19)15-4-3-13(17)18/h7-9H,3-6H2,1-2H3,(H,17,18)(H2,15,16,19). The minimum Gasteiger partial charge on any atom is -0.492 e. The van der Waals surface area contributed by atoms with Gasteiger partial charge in [0, 0.05) is 6.54 Å². The van der Waals surface area contributed by atoms with Crippen molar-refractivity contribution in [3.63, 3.8) is 0 Å². The van der Waals surface area contributed by atoms with Crippen molar-refractivity contribution >= 4 is 12.0 Å². The molecule has 1 aromatic carbocycles. The monoisotopic (exact) mass is 280 g/mol. The van der Waals surface area contributed by atoms with Crippen LogP contribution in [0.3, 0.4) is 0 Å². The van der Waals surface area contributed by atoms with E-state index in [1.54, 1.807) is 0 Å². The van der Waals surface area contributed by atoms with E-state index in [9.17, 15) is 9.59 Å². The van der Waals surface area contributed by atoms with E-state index in [0.717, 1.165) is 16.9 Å². The van der Waals surface area contributed by atoms with Gasteiger partial charge in [0.05, 0.1) is 13.0 Å². The number of amides is 2. The Bertz CT molecular complexity index is 454. The van der Waals surface area contributed by atoms with Crippen LogP contribution in [0.2, 0.25) is 0 Å². The first-order chi connectivity index (χ1) is 9.47. The predicted molar refractivity (Wildman–Crippen MR) is 75.1 cm³/mol. The Morgan fingerprint density at radius 3 is 2.30 bits per heavy atom. The Kier molecular flexibility index (Phi) is 6.36. The van der Waals surface area contributed by atoms with E-state index in [1.165, 1.54) is 0 Å². The minimum absolute atomic E-state index is 0.0908. The molecule has 6 heteroatoms. The first-order valence-corrected chi connectivity index (χ1v) is 6.42. The highest BCUT2D eigenvalue weighted by atomic mass is 16.5. The molecule has 0 saturated heterocycles. The van der Waals surface area contributed by atoms with E-state index in [0.29, 0.717) is 13.2 Å². The van der Waals surface area contributed by atoms with Gasteiger partial charge >= 0.3 is 12.0 Å². The van der Waals surface area contributed by atoms with E-state index in [-0.39, 0.29) is 13.0 Å². The number of urea groups is 1. The van der Waals surface area contributed by atoms with Crippen molar-refractivity contribution in [1.29, 1.82) is 0 Å². The third-order valence-corrected chi connectivity index (χ3v) is 2.48. The molecule has 0 fully saturated rings. The van der Waals surface area contributed by atoms with Crippen LogP contribution in [0.15, 0.2) is 18.2 Å². The zero-order chi connectivity index (χ0) is 15.0. The maximum Gasteiger partial charge on any atom is 0.314 e.